The minimum atomic E-state index is -0.925. The van der Waals surface area contributed by atoms with Crippen molar-refractivity contribution in [3.8, 4) is 114 Å². The number of aromatic amines is 1. The van der Waals surface area contributed by atoms with E-state index in [4.69, 9.17) is 66.3 Å². The van der Waals surface area contributed by atoms with Gasteiger partial charge in [0.25, 0.3) is 5.91 Å². The maximum Gasteiger partial charge on any atom is 0.338 e. The van der Waals surface area contributed by atoms with Crippen molar-refractivity contribution >= 4 is 40.8 Å². The van der Waals surface area contributed by atoms with E-state index in [1.165, 1.54) is 14.2 Å². The molecule has 4 aliphatic rings. The first-order chi connectivity index (χ1) is 55.3. The number of ether oxygens (including phenoxy) is 14. The summed E-state index contributed by atoms with van der Waals surface area (Å²) in [6.07, 6.45) is 6.60. The minimum absolute atomic E-state index is 0.168. The standard InChI is InChI=1S/C31H34N2O5.C21H24O5.C21H22O5.C20H22O5/c1-18(2)9-19-11-28-26(24-14-30(37-4)29(36-3)12-21(24)17-38-28)13-25(19)31(35)33-22(16-34)10-20-15-32-27-8-6-5-7-23(20)27;2*1-12(2)6-13-7-18-17(9-16(13)21(22)25-5)15-10-20(24-4)19(23-3)8-14(15)11-26-18;1-11(2)5-12-6-17-16(8-15(12)20(21)22)14-9-19(24-4)18(23-3)7-13(14)10-25-17/h5-8,11-15,18,22,32,34H,9-10,16-17H2,1-4H3,(H,33,35);7-10,12H,6,11H2,1-5H3;6-10H,11H2,1-5H3;6-9,11H,5,10H2,1-4H3,(H,21,22)/t22-;;;/m1.../s1. The van der Waals surface area contributed by atoms with Crippen molar-refractivity contribution in [2.75, 3.05) is 77.7 Å². The molecule has 22 heteroatoms. The van der Waals surface area contributed by atoms with Gasteiger partial charge >= 0.3 is 17.9 Å². The van der Waals surface area contributed by atoms with E-state index >= 15 is 0 Å². The highest BCUT2D eigenvalue weighted by Crippen LogP contribution is 2.49. The van der Waals surface area contributed by atoms with Crippen molar-refractivity contribution in [3.05, 3.63) is 205 Å². The molecule has 9 aromatic carbocycles. The van der Waals surface area contributed by atoms with Crippen LogP contribution in [0.1, 0.15) is 147 Å². The molecule has 1 amide bonds. The van der Waals surface area contributed by atoms with Crippen LogP contribution in [0, 0.1) is 17.8 Å². The van der Waals surface area contributed by atoms with E-state index < -0.39 is 12.0 Å². The number of carbonyl (C=O) groups is 4. The zero-order valence-electron chi connectivity index (χ0n) is 68.6. The molecular formula is C93H102N2O20. The fourth-order valence-corrected chi connectivity index (χ4v) is 14.8. The maximum atomic E-state index is 13.7. The van der Waals surface area contributed by atoms with Gasteiger partial charge < -0.3 is 86.8 Å². The lowest BCUT2D eigenvalue weighted by atomic mass is 9.89. The monoisotopic (exact) mass is 1570 g/mol. The molecule has 0 radical (unpaired) electrons. The second-order valence-corrected chi connectivity index (χ2v) is 29.8. The highest BCUT2D eigenvalue weighted by atomic mass is 16.5. The minimum Gasteiger partial charge on any atom is -0.493 e. The molecule has 1 aromatic heterocycles. The number of H-pyrrole nitrogens is 1. The van der Waals surface area contributed by atoms with Gasteiger partial charge in [-0.1, -0.05) is 71.4 Å². The van der Waals surface area contributed by atoms with E-state index in [1.54, 1.807) is 62.9 Å². The molecule has 5 heterocycles. The maximum absolute atomic E-state index is 13.7. The van der Waals surface area contributed by atoms with Crippen molar-refractivity contribution in [1.82, 2.24) is 10.3 Å². The third-order valence-corrected chi connectivity index (χ3v) is 20.2. The lowest BCUT2D eigenvalue weighted by Crippen LogP contribution is -2.39. The third-order valence-electron chi connectivity index (χ3n) is 20.2. The Morgan fingerprint density at radius 2 is 0.757 bits per heavy atom. The number of esters is 2. The van der Waals surface area contributed by atoms with E-state index in [9.17, 15) is 29.4 Å². The van der Waals surface area contributed by atoms with Gasteiger partial charge in [-0.15, -0.1) is 0 Å². The highest BCUT2D eigenvalue weighted by molar-refractivity contribution is 6.00. The molecule has 115 heavy (non-hydrogen) atoms. The number of hydrogen-bond acceptors (Lipinski definition) is 19. The summed E-state index contributed by atoms with van der Waals surface area (Å²) >= 11 is 0. The SMILES string of the molecule is COC(=O)c1cc2c(cc1C=C(C)C)OCc1cc(OC)c(OC)cc1-2.COC(=O)c1cc2c(cc1CC(C)C)OCc1cc(OC)c(OC)cc1-2.COc1cc2c(cc1OC)-c1cc(C(=O)N[C@@H](CO)Cc3c[nH]c4ccccc34)c(CC(C)C)cc1OC2.COc1cc2c(cc1OC)-c1cc(C(=O)O)c(CC(C)C)cc1OC2. The average molecular weight is 1570 g/mol. The van der Waals surface area contributed by atoms with Gasteiger partial charge in [0, 0.05) is 67.2 Å². The topological polar surface area (TPSA) is 266 Å². The molecule has 0 bridgehead atoms. The number of amides is 1. The Hall–Kier alpha value is -12.3. The molecule has 0 fully saturated rings. The van der Waals surface area contributed by atoms with E-state index in [2.05, 4.69) is 51.8 Å². The summed E-state index contributed by atoms with van der Waals surface area (Å²) in [7, 11) is 15.6. The summed E-state index contributed by atoms with van der Waals surface area (Å²) in [6, 6.07) is 37.8. The van der Waals surface area contributed by atoms with Crippen molar-refractivity contribution in [2.45, 2.75) is 114 Å². The number of nitrogens with one attached hydrogen (secondary N) is 2. The summed E-state index contributed by atoms with van der Waals surface area (Å²) in [5, 5.41) is 24.0. The van der Waals surface area contributed by atoms with Crippen LogP contribution in [0.2, 0.25) is 0 Å². The van der Waals surface area contributed by atoms with Crippen molar-refractivity contribution in [1.29, 1.82) is 0 Å². The first-order valence-electron chi connectivity index (χ1n) is 38.0. The zero-order chi connectivity index (χ0) is 82.6. The molecule has 0 aliphatic carbocycles. The number of aromatic nitrogens is 1. The molecule has 4 aliphatic heterocycles. The fourth-order valence-electron chi connectivity index (χ4n) is 14.8. The smallest absolute Gasteiger partial charge is 0.338 e. The number of methoxy groups -OCH3 is 10. The van der Waals surface area contributed by atoms with Crippen LogP contribution in [0.5, 0.6) is 69.0 Å². The number of hydrogen-bond donors (Lipinski definition) is 4. The highest BCUT2D eigenvalue weighted by Gasteiger charge is 2.31. The number of carbonyl (C=O) groups excluding carboxylic acids is 3. The summed E-state index contributed by atoms with van der Waals surface area (Å²) in [4.78, 5) is 53.3. The van der Waals surface area contributed by atoms with Crippen LogP contribution < -0.4 is 62.2 Å². The predicted molar refractivity (Wildman–Crippen MR) is 442 cm³/mol. The van der Waals surface area contributed by atoms with Crippen molar-refractivity contribution in [3.63, 3.8) is 0 Å². The Morgan fingerprint density at radius 1 is 0.417 bits per heavy atom. The Balaban J connectivity index is 0.000000154. The summed E-state index contributed by atoms with van der Waals surface area (Å²) < 4.78 is 77.2. The molecule has 604 valence electrons. The normalized spacial score (nSPS) is 12.3. The van der Waals surface area contributed by atoms with Crippen LogP contribution in [0.3, 0.4) is 0 Å². The second-order valence-electron chi connectivity index (χ2n) is 29.8. The average Bonchev–Trinajstić information content (AvgIpc) is 1.56. The van der Waals surface area contributed by atoms with Crippen molar-refractivity contribution in [2.24, 2.45) is 17.8 Å². The lowest BCUT2D eigenvalue weighted by Gasteiger charge is -2.25. The van der Waals surface area contributed by atoms with Gasteiger partial charge in [0.15, 0.2) is 46.0 Å². The van der Waals surface area contributed by atoms with Crippen LogP contribution in [0.25, 0.3) is 61.5 Å². The molecule has 10 aromatic rings. The van der Waals surface area contributed by atoms with Gasteiger partial charge in [-0.3, -0.25) is 4.79 Å². The molecule has 0 saturated carbocycles. The largest absolute Gasteiger partial charge is 0.493 e. The summed E-state index contributed by atoms with van der Waals surface area (Å²) in [5.41, 5.74) is 19.5. The number of aromatic carboxylic acids is 1. The Kier molecular flexibility index (Phi) is 27.0. The van der Waals surface area contributed by atoms with Crippen LogP contribution in [-0.2, 0) is 61.6 Å². The van der Waals surface area contributed by atoms with E-state index in [0.29, 0.717) is 131 Å². The van der Waals surface area contributed by atoms with Crippen molar-refractivity contribution < 1.29 is 95.7 Å². The first kappa shape index (κ1) is 83.6. The predicted octanol–water partition coefficient (Wildman–Crippen LogP) is 18.2. The van der Waals surface area contributed by atoms with Gasteiger partial charge in [-0.05, 0) is 210 Å². The van der Waals surface area contributed by atoms with E-state index in [1.807, 2.05) is 141 Å². The summed E-state index contributed by atoms with van der Waals surface area (Å²) in [5.74, 6) is 7.28. The number of aliphatic hydroxyl groups excluding tert-OH is 1. The molecule has 22 nitrogen and oxygen atoms in total. The fraction of sp³-hybridized carbons (Fsp3) is 0.333. The Bertz CT molecular complexity index is 5310. The second kappa shape index (κ2) is 37.1. The summed E-state index contributed by atoms with van der Waals surface area (Å²) in [6.45, 7) is 18.1. The third kappa shape index (κ3) is 18.5. The molecule has 1 atom stereocenters. The molecule has 0 saturated heterocycles. The van der Waals surface area contributed by atoms with Crippen LogP contribution in [0.15, 0.2) is 133 Å². The molecule has 14 rings (SSSR count). The number of benzene rings is 9. The van der Waals surface area contributed by atoms with Crippen LogP contribution in [0.4, 0.5) is 0 Å². The van der Waals surface area contributed by atoms with Crippen LogP contribution in [-0.4, -0.2) is 123 Å². The first-order valence-corrected chi connectivity index (χ1v) is 38.0. The number of fused-ring (bicyclic) bond motifs is 13. The van der Waals surface area contributed by atoms with E-state index in [-0.39, 0.29) is 24.5 Å². The van der Waals surface area contributed by atoms with Crippen LogP contribution >= 0.6 is 0 Å². The number of carboxylic acid groups (broad SMARTS) is 1. The van der Waals surface area contributed by atoms with Gasteiger partial charge in [0.05, 0.1) is 100 Å². The number of para-hydroxylation sites is 1. The quantitative estimate of drug-likeness (QED) is 0.0434. The van der Waals surface area contributed by atoms with Gasteiger partial charge in [-0.25, -0.2) is 14.4 Å². The van der Waals surface area contributed by atoms with E-state index in [0.717, 1.165) is 141 Å². The van der Waals surface area contributed by atoms with Gasteiger partial charge in [-0.2, -0.15) is 0 Å². The Morgan fingerprint density at radius 3 is 1.12 bits per heavy atom. The molecule has 0 unspecified atom stereocenters. The lowest BCUT2D eigenvalue weighted by molar-refractivity contribution is 0.0591. The zero-order valence-corrected chi connectivity index (χ0v) is 68.6. The number of rotatable bonds is 23. The molecule has 4 N–H and O–H groups in total. The Labute approximate surface area is 671 Å². The molecular weight excluding hydrogens is 1470 g/mol. The van der Waals surface area contributed by atoms with Gasteiger partial charge in [0.2, 0.25) is 0 Å². The number of carboxylic acids is 1. The number of aliphatic hydroxyl groups is 1. The number of allylic oxidation sites excluding steroid dienone is 1. The molecule has 0 spiro atoms. The van der Waals surface area contributed by atoms with Gasteiger partial charge in [0.1, 0.15) is 49.4 Å².